The van der Waals surface area contributed by atoms with Gasteiger partial charge in [0.15, 0.2) is 0 Å². The monoisotopic (exact) mass is 336 g/mol. The Bertz CT molecular complexity index is 612. The fourth-order valence-corrected chi connectivity index (χ4v) is 3.10. The fraction of sp³-hybridized carbons (Fsp3) is 0.400. The fourth-order valence-electron chi connectivity index (χ4n) is 1.83. The summed E-state index contributed by atoms with van der Waals surface area (Å²) in [7, 11) is 0. The minimum Gasteiger partial charge on any atom is -0.320 e. The number of benzene rings is 1. The second-order valence-electron chi connectivity index (χ2n) is 5.04. The quantitative estimate of drug-likeness (QED) is 0.812. The van der Waals surface area contributed by atoms with Gasteiger partial charge in [0.25, 0.3) is 0 Å². The molecule has 1 aromatic carbocycles. The van der Waals surface area contributed by atoms with Crippen LogP contribution in [-0.4, -0.2) is 34.2 Å². The summed E-state index contributed by atoms with van der Waals surface area (Å²) in [5, 5.41) is 12.2. The van der Waals surface area contributed by atoms with Crippen molar-refractivity contribution in [2.24, 2.45) is 5.73 Å². The van der Waals surface area contributed by atoms with E-state index in [1.807, 2.05) is 6.26 Å². The topological polar surface area (TPSA) is 80.9 Å². The molecule has 2 rings (SSSR count). The van der Waals surface area contributed by atoms with Crippen molar-refractivity contribution in [1.29, 1.82) is 0 Å². The van der Waals surface area contributed by atoms with Gasteiger partial charge in [0.05, 0.1) is 6.04 Å². The zero-order valence-corrected chi connectivity index (χ0v) is 14.3. The molecule has 2 aromatic rings. The van der Waals surface area contributed by atoms with Crippen LogP contribution in [0.2, 0.25) is 0 Å². The van der Waals surface area contributed by atoms with Crippen molar-refractivity contribution in [2.75, 3.05) is 17.3 Å². The van der Waals surface area contributed by atoms with Crippen molar-refractivity contribution in [3.8, 4) is 0 Å². The molecular weight excluding hydrogens is 316 g/mol. The number of hydrogen-bond donors (Lipinski definition) is 2. The van der Waals surface area contributed by atoms with Crippen LogP contribution >= 0.6 is 23.1 Å². The molecule has 5 nitrogen and oxygen atoms in total. The number of carbonyl (C=O) groups is 1. The second-order valence-corrected chi connectivity index (χ2v) is 7.09. The van der Waals surface area contributed by atoms with Crippen molar-refractivity contribution < 1.29 is 4.79 Å². The number of amides is 1. The van der Waals surface area contributed by atoms with Gasteiger partial charge in [0, 0.05) is 6.42 Å². The van der Waals surface area contributed by atoms with E-state index < -0.39 is 6.04 Å². The Morgan fingerprint density at radius 1 is 1.36 bits per heavy atom. The number of hydrogen-bond acceptors (Lipinski definition) is 6. The number of anilines is 1. The smallest absolute Gasteiger partial charge is 0.243 e. The number of carbonyl (C=O) groups excluding carboxylic acids is 1. The highest BCUT2D eigenvalue weighted by atomic mass is 32.2. The summed E-state index contributed by atoms with van der Waals surface area (Å²) in [4.78, 5) is 11.9. The van der Waals surface area contributed by atoms with E-state index in [0.29, 0.717) is 18.0 Å². The highest BCUT2D eigenvalue weighted by Gasteiger charge is 2.15. The molecule has 7 heteroatoms. The average molecular weight is 336 g/mol. The summed E-state index contributed by atoms with van der Waals surface area (Å²) in [6, 6.07) is 7.80. The Hall–Kier alpha value is -1.44. The number of nitrogens with two attached hydrogens (primary N) is 1. The third kappa shape index (κ3) is 5.08. The van der Waals surface area contributed by atoms with Crippen LogP contribution in [-0.2, 0) is 11.2 Å². The van der Waals surface area contributed by atoms with Gasteiger partial charge < -0.3 is 5.73 Å². The molecule has 0 fully saturated rings. The molecular formula is C15H20N4OS2. The number of nitrogens with zero attached hydrogens (tertiary/aromatic N) is 2. The molecule has 0 unspecified atom stereocenters. The van der Waals surface area contributed by atoms with Gasteiger partial charge in [-0.1, -0.05) is 41.2 Å². The first kappa shape index (κ1) is 16.9. The van der Waals surface area contributed by atoms with E-state index in [1.165, 1.54) is 22.5 Å². The molecule has 0 aliphatic rings. The zero-order chi connectivity index (χ0) is 15.9. The van der Waals surface area contributed by atoms with Gasteiger partial charge in [-0.2, -0.15) is 11.8 Å². The van der Waals surface area contributed by atoms with E-state index in [2.05, 4.69) is 46.7 Å². The minimum atomic E-state index is -0.503. The summed E-state index contributed by atoms with van der Waals surface area (Å²) >= 11 is 3.06. The van der Waals surface area contributed by atoms with Crippen molar-refractivity contribution >= 4 is 34.1 Å². The Balaban J connectivity index is 1.91. The Morgan fingerprint density at radius 3 is 2.77 bits per heavy atom. The maximum atomic E-state index is 11.9. The molecule has 1 atom stereocenters. The predicted molar refractivity (Wildman–Crippen MR) is 93.5 cm³/mol. The standard InChI is InChI=1S/C15H20N4OS2/c1-10-3-5-11(6-4-10)9-13-18-19-15(22-13)17-14(20)12(16)7-8-21-2/h3-6,12H,7-9,16H2,1-2H3,(H,17,19,20)/t12-/m0/s1. The van der Waals surface area contributed by atoms with Crippen molar-refractivity contribution in [2.45, 2.75) is 25.8 Å². The number of rotatable bonds is 7. The molecule has 1 aromatic heterocycles. The first-order valence-electron chi connectivity index (χ1n) is 7.02. The number of aromatic nitrogens is 2. The number of thioether (sulfide) groups is 1. The first-order chi connectivity index (χ1) is 10.6. The average Bonchev–Trinajstić information content (AvgIpc) is 2.94. The lowest BCUT2D eigenvalue weighted by Gasteiger charge is -2.08. The van der Waals surface area contributed by atoms with Gasteiger partial charge in [0.2, 0.25) is 11.0 Å². The van der Waals surface area contributed by atoms with Gasteiger partial charge in [-0.3, -0.25) is 10.1 Å². The van der Waals surface area contributed by atoms with Crippen LogP contribution in [0.1, 0.15) is 22.6 Å². The molecule has 3 N–H and O–H groups in total. The number of aryl methyl sites for hydroxylation is 1. The Kier molecular flexibility index (Phi) is 6.35. The van der Waals surface area contributed by atoms with Gasteiger partial charge in [0.1, 0.15) is 5.01 Å². The van der Waals surface area contributed by atoms with E-state index in [-0.39, 0.29) is 5.91 Å². The van der Waals surface area contributed by atoms with Gasteiger partial charge >= 0.3 is 0 Å². The molecule has 0 radical (unpaired) electrons. The van der Waals surface area contributed by atoms with Crippen LogP contribution in [0, 0.1) is 6.92 Å². The van der Waals surface area contributed by atoms with Crippen LogP contribution in [0.5, 0.6) is 0 Å². The minimum absolute atomic E-state index is 0.202. The molecule has 0 saturated heterocycles. The van der Waals surface area contributed by atoms with Crippen molar-refractivity contribution in [3.63, 3.8) is 0 Å². The van der Waals surface area contributed by atoms with Crippen LogP contribution in [0.3, 0.4) is 0 Å². The molecule has 0 spiro atoms. The molecule has 1 amide bonds. The van der Waals surface area contributed by atoms with E-state index >= 15 is 0 Å². The van der Waals surface area contributed by atoms with Gasteiger partial charge in [-0.25, -0.2) is 0 Å². The lowest BCUT2D eigenvalue weighted by molar-refractivity contribution is -0.117. The number of nitrogens with one attached hydrogen (secondary N) is 1. The second kappa shape index (κ2) is 8.26. The SMILES string of the molecule is CSCC[C@H](N)C(=O)Nc1nnc(Cc2ccc(C)cc2)s1. The highest BCUT2D eigenvalue weighted by Crippen LogP contribution is 2.19. The molecule has 0 saturated carbocycles. The summed E-state index contributed by atoms with van der Waals surface area (Å²) in [5.41, 5.74) is 8.23. The lowest BCUT2D eigenvalue weighted by Crippen LogP contribution is -2.36. The molecule has 0 aliphatic carbocycles. The maximum absolute atomic E-state index is 11.9. The van der Waals surface area contributed by atoms with E-state index in [4.69, 9.17) is 5.73 Å². The summed E-state index contributed by atoms with van der Waals surface area (Å²) < 4.78 is 0. The summed E-state index contributed by atoms with van der Waals surface area (Å²) in [5.74, 6) is 0.663. The normalized spacial score (nSPS) is 12.1. The summed E-state index contributed by atoms with van der Waals surface area (Å²) in [6.07, 6.45) is 3.36. The van der Waals surface area contributed by atoms with Crippen LogP contribution in [0.25, 0.3) is 0 Å². The maximum Gasteiger partial charge on any atom is 0.243 e. The molecule has 0 aliphatic heterocycles. The summed E-state index contributed by atoms with van der Waals surface area (Å²) in [6.45, 7) is 2.06. The van der Waals surface area contributed by atoms with E-state index in [0.717, 1.165) is 10.8 Å². The molecule has 1 heterocycles. The van der Waals surface area contributed by atoms with Gasteiger partial charge in [-0.15, -0.1) is 10.2 Å². The Labute approximate surface area is 138 Å². The predicted octanol–water partition coefficient (Wildman–Crippen LogP) is 2.46. The van der Waals surface area contributed by atoms with Crippen LogP contribution < -0.4 is 11.1 Å². The van der Waals surface area contributed by atoms with Crippen molar-refractivity contribution in [1.82, 2.24) is 10.2 Å². The zero-order valence-electron chi connectivity index (χ0n) is 12.7. The molecule has 0 bridgehead atoms. The van der Waals surface area contributed by atoms with Crippen molar-refractivity contribution in [3.05, 3.63) is 40.4 Å². The third-order valence-electron chi connectivity index (χ3n) is 3.14. The van der Waals surface area contributed by atoms with Crippen LogP contribution in [0.4, 0.5) is 5.13 Å². The molecule has 118 valence electrons. The van der Waals surface area contributed by atoms with Gasteiger partial charge in [-0.05, 0) is 30.9 Å². The highest BCUT2D eigenvalue weighted by molar-refractivity contribution is 7.98. The lowest BCUT2D eigenvalue weighted by atomic mass is 10.1. The van der Waals surface area contributed by atoms with E-state index in [1.54, 1.807) is 11.8 Å². The largest absolute Gasteiger partial charge is 0.320 e. The third-order valence-corrected chi connectivity index (χ3v) is 4.63. The first-order valence-corrected chi connectivity index (χ1v) is 9.23. The molecule has 22 heavy (non-hydrogen) atoms. The van der Waals surface area contributed by atoms with Crippen LogP contribution in [0.15, 0.2) is 24.3 Å². The van der Waals surface area contributed by atoms with E-state index in [9.17, 15) is 4.79 Å². The Morgan fingerprint density at radius 2 is 2.09 bits per heavy atom.